The molecule has 0 amide bonds. The van der Waals surface area contributed by atoms with Crippen LogP contribution in [0.25, 0.3) is 0 Å². The molecule has 92 valence electrons. The first-order valence-electron chi connectivity index (χ1n) is 5.98. The van der Waals surface area contributed by atoms with E-state index in [4.69, 9.17) is 5.73 Å². The Hall–Kier alpha value is -1.54. The molecule has 1 aromatic heterocycles. The zero-order valence-corrected chi connectivity index (χ0v) is 10.6. The topological polar surface area (TPSA) is 70.9 Å². The lowest BCUT2D eigenvalue weighted by Gasteiger charge is -2.20. The number of rotatable bonds is 2. The van der Waals surface area contributed by atoms with Crippen LogP contribution in [0.2, 0.25) is 0 Å². The molecule has 0 aromatic carbocycles. The van der Waals surface area contributed by atoms with E-state index < -0.39 is 0 Å². The SMILES string of the molecule is Cc1nn(C)c(N2CCC(C(C)N)C2)c1C#N. The minimum atomic E-state index is 0.208. The van der Waals surface area contributed by atoms with Gasteiger partial charge in [-0.1, -0.05) is 0 Å². The third kappa shape index (κ3) is 2.01. The van der Waals surface area contributed by atoms with E-state index in [0.29, 0.717) is 11.5 Å². The average molecular weight is 233 g/mol. The number of hydrogen-bond acceptors (Lipinski definition) is 4. The predicted molar refractivity (Wildman–Crippen MR) is 66.6 cm³/mol. The molecule has 2 N–H and O–H groups in total. The summed E-state index contributed by atoms with van der Waals surface area (Å²) < 4.78 is 1.80. The van der Waals surface area contributed by atoms with Crippen LogP contribution < -0.4 is 10.6 Å². The van der Waals surface area contributed by atoms with Crippen molar-refractivity contribution in [2.24, 2.45) is 18.7 Å². The molecule has 2 unspecified atom stereocenters. The molecule has 2 atom stereocenters. The normalized spacial score (nSPS) is 21.6. The molecule has 2 heterocycles. The van der Waals surface area contributed by atoms with Gasteiger partial charge in [0, 0.05) is 26.2 Å². The lowest BCUT2D eigenvalue weighted by Crippen LogP contribution is -2.30. The first-order valence-corrected chi connectivity index (χ1v) is 5.98. The van der Waals surface area contributed by atoms with E-state index in [9.17, 15) is 5.26 Å². The van der Waals surface area contributed by atoms with Crippen LogP contribution in [0, 0.1) is 24.2 Å². The van der Waals surface area contributed by atoms with Crippen LogP contribution in [0.1, 0.15) is 24.6 Å². The highest BCUT2D eigenvalue weighted by molar-refractivity contribution is 5.57. The maximum absolute atomic E-state index is 9.19. The monoisotopic (exact) mass is 233 g/mol. The zero-order valence-electron chi connectivity index (χ0n) is 10.6. The molecule has 0 radical (unpaired) electrons. The van der Waals surface area contributed by atoms with Gasteiger partial charge in [-0.15, -0.1) is 0 Å². The molecule has 1 aliphatic rings. The fraction of sp³-hybridized carbons (Fsp3) is 0.667. The molecule has 1 fully saturated rings. The van der Waals surface area contributed by atoms with Crippen molar-refractivity contribution >= 4 is 5.82 Å². The molecule has 0 aliphatic carbocycles. The van der Waals surface area contributed by atoms with Crippen LogP contribution in [0.4, 0.5) is 5.82 Å². The second-order valence-corrected chi connectivity index (χ2v) is 4.87. The van der Waals surface area contributed by atoms with Gasteiger partial charge in [0.2, 0.25) is 0 Å². The second kappa shape index (κ2) is 4.38. The third-order valence-corrected chi connectivity index (χ3v) is 3.57. The first-order chi connectivity index (χ1) is 8.04. The van der Waals surface area contributed by atoms with Crippen molar-refractivity contribution in [2.75, 3.05) is 18.0 Å². The molecule has 17 heavy (non-hydrogen) atoms. The fourth-order valence-electron chi connectivity index (χ4n) is 2.55. The molecule has 5 heteroatoms. The van der Waals surface area contributed by atoms with Crippen LogP contribution in [0.5, 0.6) is 0 Å². The summed E-state index contributed by atoms with van der Waals surface area (Å²) in [5, 5.41) is 13.5. The van der Waals surface area contributed by atoms with Gasteiger partial charge in [0.15, 0.2) is 0 Å². The molecule has 0 spiro atoms. The molecule has 1 saturated heterocycles. The summed E-state index contributed by atoms with van der Waals surface area (Å²) in [4.78, 5) is 2.23. The van der Waals surface area contributed by atoms with E-state index in [1.54, 1.807) is 4.68 Å². The van der Waals surface area contributed by atoms with Crippen molar-refractivity contribution < 1.29 is 0 Å². The van der Waals surface area contributed by atoms with Crippen molar-refractivity contribution in [3.8, 4) is 6.07 Å². The Balaban J connectivity index is 2.28. The van der Waals surface area contributed by atoms with E-state index in [1.165, 1.54) is 0 Å². The van der Waals surface area contributed by atoms with E-state index in [1.807, 2.05) is 20.9 Å². The molecule has 2 rings (SSSR count). The maximum Gasteiger partial charge on any atom is 0.144 e. The van der Waals surface area contributed by atoms with E-state index in [2.05, 4.69) is 16.1 Å². The standard InChI is InChI=1S/C12H19N5/c1-8(14)10-4-5-17(7-10)12-11(6-13)9(2)15-16(12)3/h8,10H,4-5,7,14H2,1-3H3. The Bertz CT molecular complexity index is 454. The quantitative estimate of drug-likeness (QED) is 0.819. The van der Waals surface area contributed by atoms with Crippen LogP contribution >= 0.6 is 0 Å². The van der Waals surface area contributed by atoms with Crippen molar-refractivity contribution in [2.45, 2.75) is 26.3 Å². The summed E-state index contributed by atoms with van der Waals surface area (Å²) >= 11 is 0. The Morgan fingerprint density at radius 2 is 2.29 bits per heavy atom. The number of nitrogens with zero attached hydrogens (tertiary/aromatic N) is 4. The van der Waals surface area contributed by atoms with Crippen LogP contribution in [0.15, 0.2) is 0 Å². The fourth-order valence-corrected chi connectivity index (χ4v) is 2.55. The number of anilines is 1. The van der Waals surface area contributed by atoms with Gasteiger partial charge in [0.25, 0.3) is 0 Å². The van der Waals surface area contributed by atoms with Gasteiger partial charge in [-0.3, -0.25) is 4.68 Å². The summed E-state index contributed by atoms with van der Waals surface area (Å²) in [5.41, 5.74) is 7.43. The number of nitriles is 1. The van der Waals surface area contributed by atoms with Crippen LogP contribution in [0.3, 0.4) is 0 Å². The number of aryl methyl sites for hydroxylation is 2. The number of aromatic nitrogens is 2. The van der Waals surface area contributed by atoms with E-state index >= 15 is 0 Å². The molecular weight excluding hydrogens is 214 g/mol. The smallest absolute Gasteiger partial charge is 0.144 e. The molecule has 0 bridgehead atoms. The lowest BCUT2D eigenvalue weighted by molar-refractivity contribution is 0.487. The summed E-state index contributed by atoms with van der Waals surface area (Å²) in [6.07, 6.45) is 1.09. The summed E-state index contributed by atoms with van der Waals surface area (Å²) in [6, 6.07) is 2.46. The average Bonchev–Trinajstić information content (AvgIpc) is 2.82. The molecule has 5 nitrogen and oxygen atoms in total. The van der Waals surface area contributed by atoms with Gasteiger partial charge in [-0.25, -0.2) is 0 Å². The van der Waals surface area contributed by atoms with E-state index in [-0.39, 0.29) is 6.04 Å². The van der Waals surface area contributed by atoms with Crippen LogP contribution in [-0.2, 0) is 7.05 Å². The maximum atomic E-state index is 9.19. The van der Waals surface area contributed by atoms with E-state index in [0.717, 1.165) is 31.0 Å². The molecule has 1 aromatic rings. The highest BCUT2D eigenvalue weighted by Crippen LogP contribution is 2.28. The minimum Gasteiger partial charge on any atom is -0.355 e. The van der Waals surface area contributed by atoms with Crippen molar-refractivity contribution in [1.29, 1.82) is 5.26 Å². The second-order valence-electron chi connectivity index (χ2n) is 4.87. The predicted octanol–water partition coefficient (Wildman–Crippen LogP) is 0.774. The highest BCUT2D eigenvalue weighted by atomic mass is 15.4. The molecule has 0 saturated carbocycles. The summed E-state index contributed by atoms with van der Waals surface area (Å²) in [7, 11) is 1.89. The molecule has 1 aliphatic heterocycles. The number of nitrogens with two attached hydrogens (primary N) is 1. The number of hydrogen-bond donors (Lipinski definition) is 1. The van der Waals surface area contributed by atoms with Crippen molar-refractivity contribution in [3.05, 3.63) is 11.3 Å². The largest absolute Gasteiger partial charge is 0.355 e. The van der Waals surface area contributed by atoms with Crippen molar-refractivity contribution in [1.82, 2.24) is 9.78 Å². The zero-order chi connectivity index (χ0) is 12.6. The van der Waals surface area contributed by atoms with Gasteiger partial charge in [0.1, 0.15) is 17.5 Å². The molecular formula is C12H19N5. The Labute approximate surface area is 102 Å². The highest BCUT2D eigenvalue weighted by Gasteiger charge is 2.29. The first kappa shape index (κ1) is 11.9. The van der Waals surface area contributed by atoms with Gasteiger partial charge < -0.3 is 10.6 Å². The third-order valence-electron chi connectivity index (χ3n) is 3.57. The minimum absolute atomic E-state index is 0.208. The van der Waals surface area contributed by atoms with Gasteiger partial charge in [-0.05, 0) is 26.2 Å². The Morgan fingerprint density at radius 1 is 1.59 bits per heavy atom. The summed E-state index contributed by atoms with van der Waals surface area (Å²) in [5.74, 6) is 1.45. The summed E-state index contributed by atoms with van der Waals surface area (Å²) in [6.45, 7) is 5.81. The lowest BCUT2D eigenvalue weighted by atomic mass is 10.0. The van der Waals surface area contributed by atoms with Gasteiger partial charge in [0.05, 0.1) is 5.69 Å². The Morgan fingerprint density at radius 3 is 2.82 bits per heavy atom. The van der Waals surface area contributed by atoms with Crippen molar-refractivity contribution in [3.63, 3.8) is 0 Å². The van der Waals surface area contributed by atoms with Crippen LogP contribution in [-0.4, -0.2) is 28.9 Å². The Kier molecular flexibility index (Phi) is 3.07. The van der Waals surface area contributed by atoms with Gasteiger partial charge >= 0.3 is 0 Å². The van der Waals surface area contributed by atoms with Gasteiger partial charge in [-0.2, -0.15) is 10.4 Å².